The van der Waals surface area contributed by atoms with Crippen molar-refractivity contribution in [3.05, 3.63) is 0 Å². The zero-order valence-corrected chi connectivity index (χ0v) is 12.4. The van der Waals surface area contributed by atoms with Crippen molar-refractivity contribution in [2.75, 3.05) is 26.2 Å². The summed E-state index contributed by atoms with van der Waals surface area (Å²) in [5, 5.41) is 3.56. The van der Waals surface area contributed by atoms with Gasteiger partial charge in [-0.25, -0.2) is 0 Å². The topological polar surface area (TPSA) is 15.3 Å². The molecule has 102 valence electrons. The van der Waals surface area contributed by atoms with Gasteiger partial charge in [0, 0.05) is 19.1 Å². The van der Waals surface area contributed by atoms with E-state index in [-0.39, 0.29) is 0 Å². The second-order valence-corrected chi connectivity index (χ2v) is 5.86. The summed E-state index contributed by atoms with van der Waals surface area (Å²) in [7, 11) is 0. The van der Waals surface area contributed by atoms with Crippen LogP contribution < -0.4 is 5.32 Å². The van der Waals surface area contributed by atoms with Gasteiger partial charge in [-0.15, -0.1) is 0 Å². The maximum Gasteiger partial charge on any atom is 0.00645 e. The molecule has 0 aromatic carbocycles. The van der Waals surface area contributed by atoms with Crippen LogP contribution in [0.25, 0.3) is 0 Å². The lowest BCUT2D eigenvalue weighted by atomic mass is 9.83. The van der Waals surface area contributed by atoms with E-state index >= 15 is 0 Å². The van der Waals surface area contributed by atoms with Crippen molar-refractivity contribution in [2.24, 2.45) is 5.41 Å². The van der Waals surface area contributed by atoms with Gasteiger partial charge in [0.2, 0.25) is 0 Å². The van der Waals surface area contributed by atoms with Crippen molar-refractivity contribution in [1.82, 2.24) is 10.2 Å². The molecule has 1 heterocycles. The molecule has 1 aliphatic rings. The van der Waals surface area contributed by atoms with Crippen LogP contribution in [0.1, 0.15) is 59.8 Å². The highest BCUT2D eigenvalue weighted by Crippen LogP contribution is 2.31. The van der Waals surface area contributed by atoms with Gasteiger partial charge < -0.3 is 10.2 Å². The fourth-order valence-electron chi connectivity index (χ4n) is 2.85. The highest BCUT2D eigenvalue weighted by molar-refractivity contribution is 4.90. The van der Waals surface area contributed by atoms with Crippen LogP contribution >= 0.6 is 0 Å². The molecule has 2 nitrogen and oxygen atoms in total. The van der Waals surface area contributed by atoms with Gasteiger partial charge in [-0.05, 0) is 51.1 Å². The largest absolute Gasteiger partial charge is 0.316 e. The van der Waals surface area contributed by atoms with E-state index in [1.807, 2.05) is 0 Å². The summed E-state index contributed by atoms with van der Waals surface area (Å²) in [4.78, 5) is 2.74. The summed E-state index contributed by atoms with van der Waals surface area (Å²) < 4.78 is 0. The molecule has 1 fully saturated rings. The van der Waals surface area contributed by atoms with Crippen LogP contribution in [-0.2, 0) is 0 Å². The van der Waals surface area contributed by atoms with Gasteiger partial charge in [0.25, 0.3) is 0 Å². The minimum Gasteiger partial charge on any atom is -0.316 e. The van der Waals surface area contributed by atoms with Crippen molar-refractivity contribution in [1.29, 1.82) is 0 Å². The average molecular weight is 240 g/mol. The second kappa shape index (κ2) is 7.38. The molecule has 17 heavy (non-hydrogen) atoms. The first-order valence-corrected chi connectivity index (χ1v) is 7.62. The third kappa shape index (κ3) is 4.26. The Kier molecular flexibility index (Phi) is 6.50. The third-order valence-electron chi connectivity index (χ3n) is 4.63. The fourth-order valence-corrected chi connectivity index (χ4v) is 2.85. The van der Waals surface area contributed by atoms with Crippen molar-refractivity contribution in [3.8, 4) is 0 Å². The van der Waals surface area contributed by atoms with Crippen LogP contribution in [0.2, 0.25) is 0 Å². The third-order valence-corrected chi connectivity index (χ3v) is 4.63. The predicted molar refractivity (Wildman–Crippen MR) is 76.4 cm³/mol. The monoisotopic (exact) mass is 240 g/mol. The van der Waals surface area contributed by atoms with Gasteiger partial charge in [0.1, 0.15) is 0 Å². The van der Waals surface area contributed by atoms with E-state index in [2.05, 4.69) is 37.9 Å². The molecule has 2 unspecified atom stereocenters. The Bertz CT molecular complexity index is 197. The predicted octanol–water partition coefficient (Wildman–Crippen LogP) is 3.28. The van der Waals surface area contributed by atoms with Crippen LogP contribution in [0.5, 0.6) is 0 Å². The molecule has 0 aromatic heterocycles. The minimum atomic E-state index is 0.553. The maximum absolute atomic E-state index is 3.56. The molecule has 0 radical (unpaired) electrons. The van der Waals surface area contributed by atoms with E-state index in [4.69, 9.17) is 0 Å². The van der Waals surface area contributed by atoms with Crippen LogP contribution in [0.4, 0.5) is 0 Å². The Hall–Kier alpha value is -0.0800. The zero-order valence-electron chi connectivity index (χ0n) is 12.4. The fraction of sp³-hybridized carbons (Fsp3) is 1.00. The molecular weight excluding hydrogens is 208 g/mol. The van der Waals surface area contributed by atoms with Crippen LogP contribution in [-0.4, -0.2) is 37.1 Å². The highest BCUT2D eigenvalue weighted by Gasteiger charge is 2.34. The van der Waals surface area contributed by atoms with Gasteiger partial charge in [0.15, 0.2) is 0 Å². The number of hydrogen-bond acceptors (Lipinski definition) is 2. The summed E-state index contributed by atoms with van der Waals surface area (Å²) in [5.41, 5.74) is 0.553. The summed E-state index contributed by atoms with van der Waals surface area (Å²) in [6.07, 6.45) is 6.61. The van der Waals surface area contributed by atoms with Crippen molar-refractivity contribution >= 4 is 0 Å². The standard InChI is InChI=1S/C15H32N2/c1-5-8-11-17(14(4)6-2)13-15(7-3)9-10-16-12-15/h14,16H,5-13H2,1-4H3. The van der Waals surface area contributed by atoms with Gasteiger partial charge >= 0.3 is 0 Å². The summed E-state index contributed by atoms with van der Waals surface area (Å²) in [5.74, 6) is 0. The molecule has 2 heteroatoms. The van der Waals surface area contributed by atoms with E-state index in [1.165, 1.54) is 58.3 Å². The average Bonchev–Trinajstić information content (AvgIpc) is 2.82. The van der Waals surface area contributed by atoms with Crippen molar-refractivity contribution in [2.45, 2.75) is 65.8 Å². The van der Waals surface area contributed by atoms with Crippen molar-refractivity contribution < 1.29 is 0 Å². The van der Waals surface area contributed by atoms with Crippen LogP contribution in [0, 0.1) is 5.41 Å². The zero-order chi connectivity index (χ0) is 12.7. The first-order chi connectivity index (χ1) is 8.17. The Labute approximate surface area is 108 Å². The van der Waals surface area contributed by atoms with Crippen LogP contribution in [0.3, 0.4) is 0 Å². The summed E-state index contributed by atoms with van der Waals surface area (Å²) >= 11 is 0. The summed E-state index contributed by atoms with van der Waals surface area (Å²) in [6, 6.07) is 0.741. The normalized spacial score (nSPS) is 26.6. The number of nitrogens with zero attached hydrogens (tertiary/aromatic N) is 1. The number of rotatable bonds is 8. The van der Waals surface area contributed by atoms with E-state index < -0.39 is 0 Å². The van der Waals surface area contributed by atoms with Gasteiger partial charge in [-0.2, -0.15) is 0 Å². The quantitative estimate of drug-likeness (QED) is 0.700. The van der Waals surface area contributed by atoms with Crippen LogP contribution in [0.15, 0.2) is 0 Å². The lowest BCUT2D eigenvalue weighted by Crippen LogP contribution is -2.43. The molecule has 0 aromatic rings. The SMILES string of the molecule is CCCCN(CC1(CC)CCNC1)C(C)CC. The smallest absolute Gasteiger partial charge is 0.00645 e. The van der Waals surface area contributed by atoms with E-state index in [1.54, 1.807) is 0 Å². The molecule has 1 N–H and O–H groups in total. The Morgan fingerprint density at radius 1 is 1.29 bits per heavy atom. The Balaban J connectivity index is 2.56. The first-order valence-electron chi connectivity index (χ1n) is 7.62. The molecule has 1 aliphatic heterocycles. The molecule has 0 saturated carbocycles. The molecule has 1 rings (SSSR count). The lowest BCUT2D eigenvalue weighted by molar-refractivity contribution is 0.118. The molecule has 0 bridgehead atoms. The Morgan fingerprint density at radius 3 is 2.53 bits per heavy atom. The first kappa shape index (κ1) is 15.0. The molecule has 0 spiro atoms. The number of hydrogen-bond donors (Lipinski definition) is 1. The van der Waals surface area contributed by atoms with Gasteiger partial charge in [-0.3, -0.25) is 0 Å². The van der Waals surface area contributed by atoms with E-state index in [0.717, 1.165) is 6.04 Å². The minimum absolute atomic E-state index is 0.553. The van der Waals surface area contributed by atoms with E-state index in [9.17, 15) is 0 Å². The maximum atomic E-state index is 3.56. The highest BCUT2D eigenvalue weighted by atomic mass is 15.2. The molecule has 0 aliphatic carbocycles. The number of nitrogens with one attached hydrogen (secondary N) is 1. The second-order valence-electron chi connectivity index (χ2n) is 5.86. The summed E-state index contributed by atoms with van der Waals surface area (Å²) in [6.45, 7) is 14.4. The van der Waals surface area contributed by atoms with E-state index in [0.29, 0.717) is 5.41 Å². The number of unbranched alkanes of at least 4 members (excludes halogenated alkanes) is 1. The lowest BCUT2D eigenvalue weighted by Gasteiger charge is -2.37. The molecule has 0 amide bonds. The molecular formula is C15H32N2. The van der Waals surface area contributed by atoms with Crippen molar-refractivity contribution in [3.63, 3.8) is 0 Å². The molecule has 2 atom stereocenters. The molecule has 1 saturated heterocycles. The van der Waals surface area contributed by atoms with Gasteiger partial charge in [-0.1, -0.05) is 27.2 Å². The van der Waals surface area contributed by atoms with Gasteiger partial charge in [0.05, 0.1) is 0 Å². The Morgan fingerprint density at radius 2 is 2.06 bits per heavy atom.